The number of carbonyl (C=O) groups is 2. The number of piperidine rings is 1. The van der Waals surface area contributed by atoms with Gasteiger partial charge in [-0.1, -0.05) is 19.1 Å². The number of amides is 2. The monoisotopic (exact) mass is 395 g/mol. The van der Waals surface area contributed by atoms with Gasteiger partial charge in [0.1, 0.15) is 5.75 Å². The van der Waals surface area contributed by atoms with Crippen LogP contribution in [0.25, 0.3) is 0 Å². The highest BCUT2D eigenvalue weighted by Crippen LogP contribution is 2.22. The number of ether oxygens (including phenoxy) is 1. The number of hydrogen-bond donors (Lipinski definition) is 0. The first-order valence-corrected chi connectivity index (χ1v) is 9.77. The van der Waals surface area contributed by atoms with Crippen molar-refractivity contribution in [3.63, 3.8) is 0 Å². The Balaban J connectivity index is 1.52. The highest BCUT2D eigenvalue weighted by molar-refractivity contribution is 5.97. The molecule has 3 rings (SSSR count). The second kappa shape index (κ2) is 9.32. The number of halogens is 2. The van der Waals surface area contributed by atoms with Gasteiger partial charge in [0.2, 0.25) is 5.91 Å². The Kier molecular flexibility index (Phi) is 6.83. The van der Waals surface area contributed by atoms with E-state index >= 15 is 0 Å². The summed E-state index contributed by atoms with van der Waals surface area (Å²) in [5.74, 6) is 0.246. The predicted octanol–water partition coefficient (Wildman–Crippen LogP) is 2.30. The Morgan fingerprint density at radius 2 is 1.82 bits per heavy atom. The minimum absolute atomic E-state index is 0.112. The number of para-hydroxylation sites is 1. The maximum Gasteiger partial charge on any atom is 0.387 e. The molecule has 2 aliphatic heterocycles. The summed E-state index contributed by atoms with van der Waals surface area (Å²) < 4.78 is 29.6. The Bertz CT molecular complexity index is 693. The molecule has 0 N–H and O–H groups in total. The van der Waals surface area contributed by atoms with Gasteiger partial charge in [-0.3, -0.25) is 14.5 Å². The quantitative estimate of drug-likeness (QED) is 0.768. The lowest BCUT2D eigenvalue weighted by molar-refractivity contribution is -0.134. The van der Waals surface area contributed by atoms with Crippen LogP contribution in [0.15, 0.2) is 24.3 Å². The van der Waals surface area contributed by atoms with Crippen LogP contribution < -0.4 is 4.74 Å². The van der Waals surface area contributed by atoms with Gasteiger partial charge in [-0.2, -0.15) is 8.78 Å². The molecule has 1 aromatic rings. The topological polar surface area (TPSA) is 53.1 Å². The Labute approximate surface area is 164 Å². The summed E-state index contributed by atoms with van der Waals surface area (Å²) in [4.78, 5) is 30.8. The molecule has 1 aromatic carbocycles. The van der Waals surface area contributed by atoms with Crippen molar-refractivity contribution in [1.29, 1.82) is 0 Å². The number of rotatable bonds is 5. The zero-order valence-electron chi connectivity index (χ0n) is 16.2. The molecule has 0 aromatic heterocycles. The molecule has 8 heteroatoms. The van der Waals surface area contributed by atoms with Gasteiger partial charge in [0.05, 0.1) is 12.1 Å². The van der Waals surface area contributed by atoms with E-state index in [0.717, 1.165) is 19.5 Å². The maximum atomic E-state index is 12.7. The molecule has 2 aliphatic rings. The number of likely N-dealkylation sites (tertiary alicyclic amines) is 1. The Morgan fingerprint density at radius 3 is 2.50 bits per heavy atom. The summed E-state index contributed by atoms with van der Waals surface area (Å²) in [5, 5.41) is 0. The van der Waals surface area contributed by atoms with Crippen molar-refractivity contribution in [2.75, 3.05) is 45.8 Å². The number of nitrogens with zero attached hydrogens (tertiary/aromatic N) is 3. The lowest BCUT2D eigenvalue weighted by atomic mass is 10.0. The lowest BCUT2D eigenvalue weighted by Crippen LogP contribution is -2.52. The molecule has 2 heterocycles. The van der Waals surface area contributed by atoms with E-state index in [-0.39, 0.29) is 23.1 Å². The SMILES string of the molecule is CC1CCCN(C(=O)CN2CCN(C(=O)c3ccccc3OC(F)F)CC2)C1. The number of benzene rings is 1. The third kappa shape index (κ3) is 5.19. The molecule has 2 amide bonds. The molecule has 0 spiro atoms. The highest BCUT2D eigenvalue weighted by Gasteiger charge is 2.27. The summed E-state index contributed by atoms with van der Waals surface area (Å²) in [5.41, 5.74) is 0.134. The molecule has 6 nitrogen and oxygen atoms in total. The number of hydrogen-bond acceptors (Lipinski definition) is 4. The fourth-order valence-corrected chi connectivity index (χ4v) is 3.83. The average Bonchev–Trinajstić information content (AvgIpc) is 2.68. The van der Waals surface area contributed by atoms with Crippen LogP contribution in [0.5, 0.6) is 5.75 Å². The maximum absolute atomic E-state index is 12.7. The van der Waals surface area contributed by atoms with Crippen LogP contribution in [0.4, 0.5) is 8.78 Å². The van der Waals surface area contributed by atoms with E-state index in [9.17, 15) is 18.4 Å². The zero-order chi connectivity index (χ0) is 20.1. The molecule has 0 radical (unpaired) electrons. The third-order valence-electron chi connectivity index (χ3n) is 5.36. The number of piperazine rings is 1. The summed E-state index contributed by atoms with van der Waals surface area (Å²) >= 11 is 0. The van der Waals surface area contributed by atoms with Crippen molar-refractivity contribution in [3.05, 3.63) is 29.8 Å². The van der Waals surface area contributed by atoms with Crippen LogP contribution in [0.2, 0.25) is 0 Å². The second-order valence-electron chi connectivity index (χ2n) is 7.53. The van der Waals surface area contributed by atoms with Crippen LogP contribution in [0, 0.1) is 5.92 Å². The van der Waals surface area contributed by atoms with E-state index in [4.69, 9.17) is 0 Å². The number of carbonyl (C=O) groups excluding carboxylic acids is 2. The average molecular weight is 395 g/mol. The second-order valence-corrected chi connectivity index (χ2v) is 7.53. The molecule has 28 heavy (non-hydrogen) atoms. The van der Waals surface area contributed by atoms with Crippen molar-refractivity contribution < 1.29 is 23.1 Å². The molecular formula is C20H27F2N3O3. The minimum atomic E-state index is -2.98. The number of alkyl halides is 2. The van der Waals surface area contributed by atoms with Gasteiger partial charge >= 0.3 is 6.61 Å². The van der Waals surface area contributed by atoms with Crippen molar-refractivity contribution in [1.82, 2.24) is 14.7 Å². The Hall–Kier alpha value is -2.22. The van der Waals surface area contributed by atoms with Gasteiger partial charge in [0.15, 0.2) is 0 Å². The molecule has 154 valence electrons. The van der Waals surface area contributed by atoms with Gasteiger partial charge in [-0.15, -0.1) is 0 Å². The summed E-state index contributed by atoms with van der Waals surface area (Å²) in [6.45, 7) is 3.25. The summed E-state index contributed by atoms with van der Waals surface area (Å²) in [6.07, 6.45) is 2.22. The third-order valence-corrected chi connectivity index (χ3v) is 5.36. The molecular weight excluding hydrogens is 368 g/mol. The zero-order valence-corrected chi connectivity index (χ0v) is 16.2. The van der Waals surface area contributed by atoms with E-state index in [0.29, 0.717) is 38.6 Å². The van der Waals surface area contributed by atoms with E-state index < -0.39 is 6.61 Å². The van der Waals surface area contributed by atoms with Crippen molar-refractivity contribution in [2.24, 2.45) is 5.92 Å². The molecule has 0 aliphatic carbocycles. The Morgan fingerprint density at radius 1 is 1.11 bits per heavy atom. The van der Waals surface area contributed by atoms with E-state index in [1.165, 1.54) is 18.6 Å². The standard InChI is InChI=1S/C20H27F2N3O3/c1-15-5-4-8-25(13-15)18(26)14-23-9-11-24(12-10-23)19(27)16-6-2-3-7-17(16)28-20(21)22/h2-3,6-7,15,20H,4-5,8-14H2,1H3. The van der Waals surface area contributed by atoms with Gasteiger partial charge in [-0.05, 0) is 30.9 Å². The van der Waals surface area contributed by atoms with Gasteiger partial charge in [-0.25, -0.2) is 0 Å². The van der Waals surface area contributed by atoms with E-state index in [1.54, 1.807) is 17.0 Å². The molecule has 1 atom stereocenters. The molecule has 1 unspecified atom stereocenters. The predicted molar refractivity (Wildman–Crippen MR) is 100 cm³/mol. The van der Waals surface area contributed by atoms with Crippen LogP contribution in [-0.2, 0) is 4.79 Å². The van der Waals surface area contributed by atoms with Crippen LogP contribution in [0.3, 0.4) is 0 Å². The molecule has 0 saturated carbocycles. The summed E-state index contributed by atoms with van der Waals surface area (Å²) in [6, 6.07) is 6.04. The molecule has 2 fully saturated rings. The van der Waals surface area contributed by atoms with Gasteiger partial charge < -0.3 is 14.5 Å². The fraction of sp³-hybridized carbons (Fsp3) is 0.600. The lowest BCUT2D eigenvalue weighted by Gasteiger charge is -2.37. The van der Waals surface area contributed by atoms with Crippen LogP contribution in [-0.4, -0.2) is 78.9 Å². The van der Waals surface area contributed by atoms with E-state index in [2.05, 4.69) is 11.7 Å². The van der Waals surface area contributed by atoms with Crippen molar-refractivity contribution in [2.45, 2.75) is 26.4 Å². The van der Waals surface area contributed by atoms with Gasteiger partial charge in [0, 0.05) is 39.3 Å². The van der Waals surface area contributed by atoms with Crippen LogP contribution >= 0.6 is 0 Å². The first-order valence-electron chi connectivity index (χ1n) is 9.77. The normalized spacial score (nSPS) is 21.1. The van der Waals surface area contributed by atoms with E-state index in [1.807, 2.05) is 9.80 Å². The van der Waals surface area contributed by atoms with Crippen molar-refractivity contribution >= 4 is 11.8 Å². The smallest absolute Gasteiger partial charge is 0.387 e. The summed E-state index contributed by atoms with van der Waals surface area (Å²) in [7, 11) is 0. The largest absolute Gasteiger partial charge is 0.434 e. The van der Waals surface area contributed by atoms with Gasteiger partial charge in [0.25, 0.3) is 5.91 Å². The highest BCUT2D eigenvalue weighted by atomic mass is 19.3. The first kappa shape index (κ1) is 20.5. The molecule has 2 saturated heterocycles. The first-order chi connectivity index (χ1) is 13.4. The van der Waals surface area contributed by atoms with Crippen LogP contribution in [0.1, 0.15) is 30.1 Å². The molecule has 0 bridgehead atoms. The van der Waals surface area contributed by atoms with Crippen molar-refractivity contribution in [3.8, 4) is 5.75 Å². The fourth-order valence-electron chi connectivity index (χ4n) is 3.83. The minimum Gasteiger partial charge on any atom is -0.434 e.